The quantitative estimate of drug-likeness (QED) is 0.105. The zero-order valence-corrected chi connectivity index (χ0v) is 20.3. The van der Waals surface area contributed by atoms with Gasteiger partial charge in [0.1, 0.15) is 12.0 Å². The van der Waals surface area contributed by atoms with Gasteiger partial charge in [-0.2, -0.15) is 0 Å². The lowest BCUT2D eigenvalue weighted by Crippen LogP contribution is -2.20. The fourth-order valence-electron chi connectivity index (χ4n) is 4.07. The van der Waals surface area contributed by atoms with Gasteiger partial charge in [-0.05, 0) is 36.3 Å². The van der Waals surface area contributed by atoms with Crippen molar-refractivity contribution in [2.45, 2.75) is 68.0 Å². The van der Waals surface area contributed by atoms with Crippen molar-refractivity contribution in [2.24, 2.45) is 11.8 Å². The summed E-state index contributed by atoms with van der Waals surface area (Å²) in [6.07, 6.45) is 7.41. The molecule has 0 bridgehead atoms. The van der Waals surface area contributed by atoms with E-state index in [4.69, 9.17) is 9.47 Å². The first-order chi connectivity index (χ1) is 14.4. The highest BCUT2D eigenvalue weighted by atomic mass is 127. The van der Waals surface area contributed by atoms with Gasteiger partial charge in [-0.3, -0.25) is 0 Å². The Bertz CT molecular complexity index is 692. The number of rotatable bonds is 12. The van der Waals surface area contributed by atoms with Gasteiger partial charge in [0, 0.05) is 29.3 Å². The van der Waals surface area contributed by atoms with E-state index in [9.17, 15) is 15.0 Å². The summed E-state index contributed by atoms with van der Waals surface area (Å²) in [5, 5.41) is 21.1. The van der Waals surface area contributed by atoms with Gasteiger partial charge >= 0.3 is 0 Å². The fourth-order valence-corrected chi connectivity index (χ4v) is 5.46. The summed E-state index contributed by atoms with van der Waals surface area (Å²) in [4.78, 5) is 10.7. The third-order valence-corrected chi connectivity index (χ3v) is 7.33. The number of aryl methyl sites for hydroxylation is 1. The first kappa shape index (κ1) is 25.3. The Balaban J connectivity index is 2.38. The molecule has 0 radical (unpaired) electrons. The average Bonchev–Trinajstić information content (AvgIpc) is 3.02. The van der Waals surface area contributed by atoms with Crippen LogP contribution in [0.15, 0.2) is 30.4 Å². The molecule has 0 saturated heterocycles. The number of hydrogen-bond donors (Lipinski definition) is 2. The number of hydrogen-bond acceptors (Lipinski definition) is 5. The number of methoxy groups -OCH3 is 1. The summed E-state index contributed by atoms with van der Waals surface area (Å²) in [5.41, 5.74) is 2.11. The number of alkyl halides is 1. The molecule has 1 fully saturated rings. The highest BCUT2D eigenvalue weighted by Crippen LogP contribution is 2.48. The van der Waals surface area contributed by atoms with Gasteiger partial charge in [0.15, 0.2) is 6.79 Å². The molecule has 1 aliphatic carbocycles. The van der Waals surface area contributed by atoms with E-state index < -0.39 is 12.2 Å². The number of halogens is 1. The molecule has 0 aliphatic heterocycles. The first-order valence-electron chi connectivity index (χ1n) is 10.8. The third-order valence-electron chi connectivity index (χ3n) is 6.05. The molecule has 2 unspecified atom stereocenters. The summed E-state index contributed by atoms with van der Waals surface area (Å²) < 4.78 is 11.4. The molecule has 2 N–H and O–H groups in total. The number of aliphatic hydroxyl groups excluding tert-OH is 2. The maximum atomic E-state index is 10.8. The predicted molar refractivity (Wildman–Crippen MR) is 127 cm³/mol. The van der Waals surface area contributed by atoms with Crippen molar-refractivity contribution in [1.29, 1.82) is 0 Å². The molecule has 30 heavy (non-hydrogen) atoms. The Morgan fingerprint density at radius 1 is 1.37 bits per heavy atom. The summed E-state index contributed by atoms with van der Waals surface area (Å²) >= 11 is 2.42. The molecule has 0 amide bonds. The first-order valence-corrected chi connectivity index (χ1v) is 12.0. The largest absolute Gasteiger partial charge is 0.467 e. The lowest BCUT2D eigenvalue weighted by molar-refractivity contribution is -0.107. The number of ether oxygens (including phenoxy) is 2. The van der Waals surface area contributed by atoms with E-state index in [-0.39, 0.29) is 28.5 Å². The maximum absolute atomic E-state index is 10.8. The van der Waals surface area contributed by atoms with Crippen LogP contribution in [0.25, 0.3) is 0 Å². The molecule has 0 heterocycles. The predicted octanol–water partition coefficient (Wildman–Crippen LogP) is 4.42. The topological polar surface area (TPSA) is 76.0 Å². The molecular formula is C24H35IO5. The second-order valence-electron chi connectivity index (χ2n) is 8.13. The molecule has 6 atom stereocenters. The van der Waals surface area contributed by atoms with Gasteiger partial charge in [-0.15, -0.1) is 0 Å². The summed E-state index contributed by atoms with van der Waals surface area (Å²) in [7, 11) is 1.59. The number of carbonyl (C=O) groups is 1. The number of unbranched alkanes of at least 4 members (excludes halogenated alkanes) is 1. The van der Waals surface area contributed by atoms with E-state index in [1.54, 1.807) is 7.11 Å². The van der Waals surface area contributed by atoms with Gasteiger partial charge in [-0.25, -0.2) is 0 Å². The molecule has 168 valence electrons. The second-order valence-corrected chi connectivity index (χ2v) is 9.73. The second kappa shape index (κ2) is 12.8. The van der Waals surface area contributed by atoms with E-state index in [0.717, 1.165) is 42.4 Å². The smallest absolute Gasteiger partial charge is 0.188 e. The Kier molecular flexibility index (Phi) is 10.8. The van der Waals surface area contributed by atoms with Crippen LogP contribution in [0.1, 0.15) is 56.6 Å². The number of aldehydes is 1. The van der Waals surface area contributed by atoms with Crippen molar-refractivity contribution in [1.82, 2.24) is 0 Å². The van der Waals surface area contributed by atoms with Crippen LogP contribution in [0.5, 0.6) is 5.75 Å². The zero-order valence-electron chi connectivity index (χ0n) is 18.2. The Hall–Kier alpha value is -0.960. The number of carbonyl (C=O) groups excluding carboxylic acids is 1. The van der Waals surface area contributed by atoms with Crippen molar-refractivity contribution in [3.63, 3.8) is 0 Å². The number of aliphatic hydroxyl groups is 2. The van der Waals surface area contributed by atoms with Crippen LogP contribution in [0.3, 0.4) is 0 Å². The molecule has 1 aromatic carbocycles. The van der Waals surface area contributed by atoms with Crippen molar-refractivity contribution in [3.8, 4) is 5.75 Å². The third kappa shape index (κ3) is 6.52. The standard InChI is InChI=1S/C24H35IO5/c1-4-16(2)21(27)12-11-18-22(28)14-20(25)23(18)19-10-7-9-17(8-5-6-13-26)24(19)30-15-29-3/h7,9-13,16,18,20-23,27-28H,4-6,8,14-15H2,1-3H3/b12-11+/t16?,18-,20+,21?,22+,23-/m0/s1. The molecule has 5 nitrogen and oxygen atoms in total. The minimum Gasteiger partial charge on any atom is -0.467 e. The molecule has 1 saturated carbocycles. The lowest BCUT2D eigenvalue weighted by atomic mass is 9.85. The minimum atomic E-state index is -0.519. The average molecular weight is 530 g/mol. The van der Waals surface area contributed by atoms with Crippen molar-refractivity contribution in [2.75, 3.05) is 13.9 Å². The molecule has 1 aromatic rings. The van der Waals surface area contributed by atoms with Crippen LogP contribution in [-0.2, 0) is 16.0 Å². The highest BCUT2D eigenvalue weighted by Gasteiger charge is 2.42. The summed E-state index contributed by atoms with van der Waals surface area (Å²) in [6.45, 7) is 4.23. The van der Waals surface area contributed by atoms with Crippen LogP contribution in [0.2, 0.25) is 0 Å². The summed E-state index contributed by atoms with van der Waals surface area (Å²) in [5.74, 6) is 0.946. The van der Waals surface area contributed by atoms with Crippen molar-refractivity contribution < 1.29 is 24.5 Å². The summed E-state index contributed by atoms with van der Waals surface area (Å²) in [6, 6.07) is 6.12. The van der Waals surface area contributed by atoms with Crippen LogP contribution in [-0.4, -0.2) is 46.5 Å². The minimum absolute atomic E-state index is 0.0684. The van der Waals surface area contributed by atoms with Gasteiger partial charge in [0.2, 0.25) is 0 Å². The van der Waals surface area contributed by atoms with Crippen LogP contribution >= 0.6 is 22.6 Å². The van der Waals surface area contributed by atoms with Crippen molar-refractivity contribution in [3.05, 3.63) is 41.5 Å². The molecular weight excluding hydrogens is 495 g/mol. The van der Waals surface area contributed by atoms with Crippen molar-refractivity contribution >= 4 is 28.9 Å². The van der Waals surface area contributed by atoms with E-state index in [2.05, 4.69) is 35.6 Å². The Morgan fingerprint density at radius 3 is 2.80 bits per heavy atom. The van der Waals surface area contributed by atoms with Gasteiger partial charge in [0.25, 0.3) is 0 Å². The van der Waals surface area contributed by atoms with E-state index >= 15 is 0 Å². The number of para-hydroxylation sites is 1. The lowest BCUT2D eigenvalue weighted by Gasteiger charge is -2.26. The van der Waals surface area contributed by atoms with Gasteiger partial charge in [0.05, 0.1) is 12.2 Å². The molecule has 0 spiro atoms. The number of benzene rings is 1. The Labute approximate surface area is 194 Å². The van der Waals surface area contributed by atoms with E-state index in [0.29, 0.717) is 12.8 Å². The van der Waals surface area contributed by atoms with Gasteiger partial charge in [-0.1, -0.05) is 73.2 Å². The maximum Gasteiger partial charge on any atom is 0.188 e. The molecule has 6 heteroatoms. The van der Waals surface area contributed by atoms with Crippen LogP contribution in [0, 0.1) is 11.8 Å². The molecule has 2 rings (SSSR count). The SMILES string of the molecule is CCC(C)C(O)/C=C/[C@@H]1[C@@H](c2cccc(CCCC=O)c2OCOC)[C@H](I)C[C@H]1O. The van der Waals surface area contributed by atoms with Crippen LogP contribution in [0.4, 0.5) is 0 Å². The van der Waals surface area contributed by atoms with Crippen LogP contribution < -0.4 is 4.74 Å². The monoisotopic (exact) mass is 530 g/mol. The molecule has 0 aromatic heterocycles. The molecule has 1 aliphatic rings. The Morgan fingerprint density at radius 2 is 2.13 bits per heavy atom. The normalized spacial score (nSPS) is 26.1. The highest BCUT2D eigenvalue weighted by molar-refractivity contribution is 14.1. The van der Waals surface area contributed by atoms with Gasteiger partial charge < -0.3 is 24.5 Å². The van der Waals surface area contributed by atoms with E-state index in [1.165, 1.54) is 0 Å². The fraction of sp³-hybridized carbons (Fsp3) is 0.625. The van der Waals surface area contributed by atoms with E-state index in [1.807, 2.05) is 31.2 Å². The zero-order chi connectivity index (χ0) is 22.1.